The van der Waals surface area contributed by atoms with Gasteiger partial charge in [0.2, 0.25) is 5.78 Å². The Morgan fingerprint density at radius 2 is 1.94 bits per heavy atom. The molecule has 0 bridgehead atoms. The van der Waals surface area contributed by atoms with E-state index in [1.807, 2.05) is 0 Å². The molecule has 1 saturated heterocycles. The van der Waals surface area contributed by atoms with Crippen LogP contribution in [-0.2, 0) is 16.1 Å². The zero-order valence-electron chi connectivity index (χ0n) is 18.2. The molecule has 3 rings (SSSR count). The third-order valence-corrected chi connectivity index (χ3v) is 5.25. The van der Waals surface area contributed by atoms with E-state index in [9.17, 15) is 19.1 Å². The molecule has 1 aliphatic heterocycles. The van der Waals surface area contributed by atoms with E-state index < -0.39 is 23.1 Å². The van der Waals surface area contributed by atoms with E-state index in [4.69, 9.17) is 9.47 Å². The highest BCUT2D eigenvalue weighted by atomic mass is 19.1. The molecule has 2 aromatic carbocycles. The fourth-order valence-corrected chi connectivity index (χ4v) is 3.56. The average molecular weight is 442 g/mol. The number of nitrogens with one attached hydrogen (secondary N) is 1. The molecule has 0 amide bonds. The second-order valence-corrected chi connectivity index (χ2v) is 7.40. The van der Waals surface area contributed by atoms with E-state index in [0.29, 0.717) is 31.2 Å². The topological polar surface area (TPSA) is 88.1 Å². The Hall–Kier alpha value is -3.23. The van der Waals surface area contributed by atoms with Crippen LogP contribution >= 0.6 is 0 Å². The Labute approximate surface area is 186 Å². The number of carbonyl (C=O) groups is 2. The number of ketones is 1. The predicted octanol–water partition coefficient (Wildman–Crippen LogP) is 3.71. The van der Waals surface area contributed by atoms with Gasteiger partial charge in [0.1, 0.15) is 17.1 Å². The Morgan fingerprint density at radius 3 is 2.59 bits per heavy atom. The van der Waals surface area contributed by atoms with E-state index >= 15 is 0 Å². The van der Waals surface area contributed by atoms with Crippen molar-refractivity contribution < 1.29 is 28.6 Å². The van der Waals surface area contributed by atoms with Crippen molar-refractivity contribution >= 4 is 17.4 Å². The number of anilines is 1. The molecule has 0 radical (unpaired) electrons. The van der Waals surface area contributed by atoms with E-state index in [0.717, 1.165) is 18.7 Å². The number of halogens is 1. The van der Waals surface area contributed by atoms with Gasteiger partial charge in [-0.05, 0) is 36.2 Å². The number of allylic oxidation sites excluding steroid dienone is 1. The Balaban J connectivity index is 1.93. The monoisotopic (exact) mass is 442 g/mol. The molecule has 32 heavy (non-hydrogen) atoms. The summed E-state index contributed by atoms with van der Waals surface area (Å²) in [6, 6.07) is 11.2. The maximum absolute atomic E-state index is 14.6. The summed E-state index contributed by atoms with van der Waals surface area (Å²) in [6.07, 6.45) is 0.236. The minimum atomic E-state index is -1.42. The smallest absolute Gasteiger partial charge is 0.341 e. The fourth-order valence-electron chi connectivity index (χ4n) is 3.56. The molecule has 1 aliphatic rings. The summed E-state index contributed by atoms with van der Waals surface area (Å²) in [7, 11) is 1.52. The molecular weight excluding hydrogens is 415 g/mol. The molecule has 1 heterocycles. The fraction of sp³-hybridized carbons (Fsp3) is 0.333. The Morgan fingerprint density at radius 1 is 1.19 bits per heavy atom. The van der Waals surface area contributed by atoms with E-state index in [1.165, 1.54) is 19.2 Å². The zero-order valence-corrected chi connectivity index (χ0v) is 18.2. The predicted molar refractivity (Wildman–Crippen MR) is 118 cm³/mol. The Kier molecular flexibility index (Phi) is 7.97. The maximum Gasteiger partial charge on any atom is 0.341 e. The van der Waals surface area contributed by atoms with Crippen molar-refractivity contribution in [1.29, 1.82) is 0 Å². The molecule has 2 aromatic rings. The summed E-state index contributed by atoms with van der Waals surface area (Å²) in [5.41, 5.74) is 0.743. The highest BCUT2D eigenvalue weighted by Gasteiger charge is 2.26. The van der Waals surface area contributed by atoms with E-state index in [1.54, 1.807) is 37.3 Å². The molecular formula is C24H27FN2O5. The first-order chi connectivity index (χ1) is 15.4. The number of morpholine rings is 1. The number of carboxylic acids is 1. The van der Waals surface area contributed by atoms with Crippen molar-refractivity contribution in [3.8, 4) is 5.75 Å². The first-order valence-corrected chi connectivity index (χ1v) is 10.4. The molecule has 0 aliphatic carbocycles. The molecule has 8 heteroatoms. The number of hydrogen-bond donors (Lipinski definition) is 2. The maximum atomic E-state index is 14.6. The minimum absolute atomic E-state index is 0.189. The van der Waals surface area contributed by atoms with Gasteiger partial charge in [0.05, 0.1) is 25.9 Å². The van der Waals surface area contributed by atoms with Crippen molar-refractivity contribution in [1.82, 2.24) is 4.90 Å². The second-order valence-electron chi connectivity index (χ2n) is 7.40. The molecule has 0 spiro atoms. The van der Waals surface area contributed by atoms with Crippen molar-refractivity contribution in [3.63, 3.8) is 0 Å². The van der Waals surface area contributed by atoms with Crippen LogP contribution in [0.1, 0.15) is 29.3 Å². The third-order valence-electron chi connectivity index (χ3n) is 5.25. The van der Waals surface area contributed by atoms with E-state index in [-0.39, 0.29) is 17.7 Å². The number of benzene rings is 2. The van der Waals surface area contributed by atoms with Gasteiger partial charge in [-0.1, -0.05) is 19.1 Å². The van der Waals surface area contributed by atoms with Gasteiger partial charge in [0.25, 0.3) is 0 Å². The summed E-state index contributed by atoms with van der Waals surface area (Å²) in [5.74, 6) is -2.46. The van der Waals surface area contributed by atoms with Gasteiger partial charge < -0.3 is 19.9 Å². The summed E-state index contributed by atoms with van der Waals surface area (Å²) in [4.78, 5) is 27.4. The molecule has 170 valence electrons. The summed E-state index contributed by atoms with van der Waals surface area (Å²) in [6.45, 7) is 4.97. The van der Waals surface area contributed by atoms with Crippen LogP contribution in [0.15, 0.2) is 53.7 Å². The molecule has 1 fully saturated rings. The number of Topliss-reactive ketones (excluding diaryl/α,β-unsaturated/α-hetero) is 1. The van der Waals surface area contributed by atoms with Crippen LogP contribution < -0.4 is 10.1 Å². The van der Waals surface area contributed by atoms with Crippen molar-refractivity contribution in [2.75, 3.05) is 38.7 Å². The lowest BCUT2D eigenvalue weighted by Gasteiger charge is -2.26. The van der Waals surface area contributed by atoms with Crippen LogP contribution in [0.5, 0.6) is 5.75 Å². The van der Waals surface area contributed by atoms with Gasteiger partial charge in [-0.2, -0.15) is 0 Å². The van der Waals surface area contributed by atoms with Crippen LogP contribution in [0.3, 0.4) is 0 Å². The van der Waals surface area contributed by atoms with Gasteiger partial charge in [-0.25, -0.2) is 9.18 Å². The molecule has 0 atom stereocenters. The van der Waals surface area contributed by atoms with Crippen molar-refractivity contribution in [3.05, 3.63) is 70.7 Å². The minimum Gasteiger partial charge on any atom is -0.497 e. The van der Waals surface area contributed by atoms with E-state index in [2.05, 4.69) is 10.2 Å². The van der Waals surface area contributed by atoms with Crippen LogP contribution in [0.4, 0.5) is 10.1 Å². The number of hydrogen-bond acceptors (Lipinski definition) is 6. The lowest BCUT2D eigenvalue weighted by atomic mass is 9.98. The number of carbonyl (C=O) groups excluding carboxylic acids is 1. The first kappa shape index (κ1) is 23.4. The third kappa shape index (κ3) is 5.72. The van der Waals surface area contributed by atoms with Crippen LogP contribution in [0.25, 0.3) is 0 Å². The van der Waals surface area contributed by atoms with Crippen molar-refractivity contribution in [2.24, 2.45) is 0 Å². The molecule has 0 unspecified atom stereocenters. The first-order valence-electron chi connectivity index (χ1n) is 10.4. The number of rotatable bonds is 9. The number of ether oxygens (including phenoxy) is 2. The van der Waals surface area contributed by atoms with Gasteiger partial charge in [0.15, 0.2) is 0 Å². The molecule has 7 nitrogen and oxygen atoms in total. The summed E-state index contributed by atoms with van der Waals surface area (Å²) in [5, 5.41) is 12.8. The van der Waals surface area contributed by atoms with Crippen molar-refractivity contribution in [2.45, 2.75) is 19.9 Å². The highest BCUT2D eigenvalue weighted by molar-refractivity contribution is 6.24. The Bertz CT molecular complexity index is 1020. The highest BCUT2D eigenvalue weighted by Crippen LogP contribution is 2.24. The van der Waals surface area contributed by atoms with Gasteiger partial charge in [0, 0.05) is 37.1 Å². The standard InChI is InChI=1S/C24H27FN2O5/c1-3-21(26-17-5-4-6-18(14-17)31-2)22(24(29)30)23(28)19-13-16(7-8-20(19)25)15-27-9-11-32-12-10-27/h4-8,13-14,26H,3,9-12,15H2,1-2H3,(H,29,30). The zero-order chi connectivity index (χ0) is 23.1. The normalized spacial score (nSPS) is 15.1. The van der Waals surface area contributed by atoms with Crippen LogP contribution in [0.2, 0.25) is 0 Å². The van der Waals surface area contributed by atoms with Gasteiger partial charge >= 0.3 is 5.97 Å². The average Bonchev–Trinajstić information content (AvgIpc) is 2.80. The number of carboxylic acid groups (broad SMARTS) is 1. The number of aliphatic carboxylic acids is 1. The van der Waals surface area contributed by atoms with Crippen LogP contribution in [0, 0.1) is 5.82 Å². The largest absolute Gasteiger partial charge is 0.497 e. The lowest BCUT2D eigenvalue weighted by molar-refractivity contribution is -0.132. The molecule has 2 N–H and O–H groups in total. The lowest BCUT2D eigenvalue weighted by Crippen LogP contribution is -2.35. The number of methoxy groups -OCH3 is 1. The van der Waals surface area contributed by atoms with Crippen LogP contribution in [-0.4, -0.2) is 55.2 Å². The second kappa shape index (κ2) is 10.9. The molecule has 0 aromatic heterocycles. The SMILES string of the molecule is CCC(Nc1cccc(OC)c1)=C(C(=O)O)C(=O)c1cc(CN2CCOCC2)ccc1F. The number of nitrogens with zero attached hydrogens (tertiary/aromatic N) is 1. The summed E-state index contributed by atoms with van der Waals surface area (Å²) < 4.78 is 25.1. The quantitative estimate of drug-likeness (QED) is 0.265. The summed E-state index contributed by atoms with van der Waals surface area (Å²) >= 11 is 0. The van der Waals surface area contributed by atoms with Gasteiger partial charge in [-0.3, -0.25) is 9.69 Å². The molecule has 0 saturated carbocycles. The van der Waals surface area contributed by atoms with Gasteiger partial charge in [-0.15, -0.1) is 0 Å².